The molecule has 1 heterocycles. The number of nitrogens with zero attached hydrogens (tertiary/aromatic N) is 1. The highest BCUT2D eigenvalue weighted by atomic mass is 127. The van der Waals surface area contributed by atoms with E-state index in [9.17, 15) is 9.59 Å². The summed E-state index contributed by atoms with van der Waals surface area (Å²) in [5.74, 6) is -1.12. The van der Waals surface area contributed by atoms with Crippen LogP contribution in [0.2, 0.25) is 0 Å². The normalized spacial score (nSPS) is 16.7. The molecule has 2 rings (SSSR count). The van der Waals surface area contributed by atoms with Crippen molar-refractivity contribution in [2.45, 2.75) is 6.92 Å². The monoisotopic (exact) mass is 611 g/mol. The number of halogens is 3. The fourth-order valence-corrected chi connectivity index (χ4v) is 4.47. The summed E-state index contributed by atoms with van der Waals surface area (Å²) in [5, 5.41) is 8.97. The summed E-state index contributed by atoms with van der Waals surface area (Å²) in [4.78, 5) is 25.1. The van der Waals surface area contributed by atoms with Gasteiger partial charge in [0.15, 0.2) is 0 Å². The first kappa shape index (κ1) is 16.7. The summed E-state index contributed by atoms with van der Waals surface area (Å²) in [6.45, 7) is 2.77. The first-order valence-corrected chi connectivity index (χ1v) is 9.21. The van der Waals surface area contributed by atoms with Gasteiger partial charge in [0.25, 0.3) is 5.91 Å². The van der Waals surface area contributed by atoms with Crippen LogP contribution >= 0.6 is 67.8 Å². The summed E-state index contributed by atoms with van der Waals surface area (Å²) >= 11 is 6.61. The van der Waals surface area contributed by atoms with Crippen molar-refractivity contribution in [2.24, 2.45) is 11.8 Å². The highest BCUT2D eigenvalue weighted by Crippen LogP contribution is 2.29. The predicted octanol–water partition coefficient (Wildman–Crippen LogP) is 3.29. The summed E-state index contributed by atoms with van der Waals surface area (Å²) in [7, 11) is 0. The number of carbonyl (C=O) groups is 2. The van der Waals surface area contributed by atoms with E-state index in [0.717, 1.165) is 10.7 Å². The van der Waals surface area contributed by atoms with Crippen molar-refractivity contribution < 1.29 is 14.7 Å². The number of rotatable bonds is 3. The van der Waals surface area contributed by atoms with Crippen LogP contribution in [0.25, 0.3) is 0 Å². The Kier molecular flexibility index (Phi) is 5.54. The molecule has 1 aliphatic heterocycles. The molecule has 0 radical (unpaired) electrons. The van der Waals surface area contributed by atoms with Crippen molar-refractivity contribution in [3.8, 4) is 0 Å². The Morgan fingerprint density at radius 2 is 1.90 bits per heavy atom. The topological polar surface area (TPSA) is 57.6 Å². The van der Waals surface area contributed by atoms with Gasteiger partial charge >= 0.3 is 5.97 Å². The molecule has 108 valence electrons. The molecular formula is C13H12I3NO3. The molecule has 1 aromatic carbocycles. The summed E-state index contributed by atoms with van der Waals surface area (Å²) in [5.41, 5.74) is 0.711. The minimum absolute atomic E-state index is 0.000305. The van der Waals surface area contributed by atoms with E-state index in [-0.39, 0.29) is 11.8 Å². The van der Waals surface area contributed by atoms with E-state index in [0.29, 0.717) is 18.7 Å². The van der Waals surface area contributed by atoms with E-state index in [2.05, 4.69) is 67.8 Å². The number of aliphatic carboxylic acids is 1. The molecule has 1 amide bonds. The van der Waals surface area contributed by atoms with Crippen LogP contribution in [0.3, 0.4) is 0 Å². The molecule has 1 aromatic rings. The van der Waals surface area contributed by atoms with Crippen LogP contribution in [0.1, 0.15) is 17.3 Å². The molecular weight excluding hydrogens is 599 g/mol. The van der Waals surface area contributed by atoms with Gasteiger partial charge in [-0.3, -0.25) is 9.59 Å². The smallest absolute Gasteiger partial charge is 0.306 e. The van der Waals surface area contributed by atoms with Crippen molar-refractivity contribution in [2.75, 3.05) is 13.1 Å². The number of carbonyl (C=O) groups excluding carboxylic acids is 1. The lowest BCUT2D eigenvalue weighted by Crippen LogP contribution is -2.53. The van der Waals surface area contributed by atoms with Gasteiger partial charge in [-0.1, -0.05) is 6.92 Å². The van der Waals surface area contributed by atoms with Gasteiger partial charge in [-0.25, -0.2) is 0 Å². The SMILES string of the molecule is CC(C(=O)O)C1CN(C(=O)c2cc(I)cc(I)c2I)C1. The second-order valence-electron chi connectivity index (χ2n) is 4.85. The minimum atomic E-state index is -0.791. The number of hydrogen-bond acceptors (Lipinski definition) is 2. The van der Waals surface area contributed by atoms with Crippen molar-refractivity contribution in [3.63, 3.8) is 0 Å². The van der Waals surface area contributed by atoms with Gasteiger partial charge in [0.1, 0.15) is 0 Å². The Bertz CT molecular complexity index is 570. The van der Waals surface area contributed by atoms with Gasteiger partial charge in [-0.15, -0.1) is 0 Å². The molecule has 1 N–H and O–H groups in total. The molecule has 7 heteroatoms. The van der Waals surface area contributed by atoms with Crippen LogP contribution in [0, 0.1) is 22.5 Å². The quantitative estimate of drug-likeness (QED) is 0.422. The maximum Gasteiger partial charge on any atom is 0.306 e. The first-order chi connectivity index (χ1) is 9.31. The van der Waals surface area contributed by atoms with E-state index in [1.807, 2.05) is 12.1 Å². The number of carboxylic acids is 1. The highest BCUT2D eigenvalue weighted by Gasteiger charge is 2.38. The molecule has 1 fully saturated rings. The second-order valence-corrected chi connectivity index (χ2v) is 8.33. The van der Waals surface area contributed by atoms with Gasteiger partial charge < -0.3 is 10.0 Å². The van der Waals surface area contributed by atoms with Gasteiger partial charge in [-0.05, 0) is 79.9 Å². The number of carboxylic acid groups (broad SMARTS) is 1. The van der Waals surface area contributed by atoms with E-state index < -0.39 is 11.9 Å². The fraction of sp³-hybridized carbons (Fsp3) is 0.385. The van der Waals surface area contributed by atoms with E-state index in [1.54, 1.807) is 11.8 Å². The largest absolute Gasteiger partial charge is 0.481 e. The number of likely N-dealkylation sites (tertiary alicyclic amines) is 1. The standard InChI is InChI=1S/C13H12I3NO3/c1-6(13(19)20)7-4-17(5-7)12(18)9-2-8(14)3-10(15)11(9)16/h2-3,6-7H,4-5H2,1H3,(H,19,20). The zero-order valence-corrected chi connectivity index (χ0v) is 17.0. The fourth-order valence-electron chi connectivity index (χ4n) is 2.08. The summed E-state index contributed by atoms with van der Waals surface area (Å²) in [6.07, 6.45) is 0. The lowest BCUT2D eigenvalue weighted by Gasteiger charge is -2.41. The molecule has 0 aromatic heterocycles. The van der Waals surface area contributed by atoms with E-state index in [4.69, 9.17) is 5.11 Å². The van der Waals surface area contributed by atoms with Crippen LogP contribution < -0.4 is 0 Å². The van der Waals surface area contributed by atoms with E-state index >= 15 is 0 Å². The predicted molar refractivity (Wildman–Crippen MR) is 101 cm³/mol. The lowest BCUT2D eigenvalue weighted by atomic mass is 9.86. The molecule has 0 spiro atoms. The molecule has 0 saturated carbocycles. The van der Waals surface area contributed by atoms with Crippen molar-refractivity contribution in [1.82, 2.24) is 4.90 Å². The Labute approximate surface area is 158 Å². The van der Waals surface area contributed by atoms with Crippen molar-refractivity contribution in [3.05, 3.63) is 28.4 Å². The minimum Gasteiger partial charge on any atom is -0.481 e. The zero-order chi connectivity index (χ0) is 15.0. The number of hydrogen-bond donors (Lipinski definition) is 1. The Morgan fingerprint density at radius 1 is 1.30 bits per heavy atom. The van der Waals surface area contributed by atoms with Crippen molar-refractivity contribution >= 4 is 79.6 Å². The Morgan fingerprint density at radius 3 is 2.45 bits per heavy atom. The zero-order valence-electron chi connectivity index (χ0n) is 10.6. The van der Waals surface area contributed by atoms with Gasteiger partial charge in [0.05, 0.1) is 11.5 Å². The average Bonchev–Trinajstić information content (AvgIpc) is 2.31. The molecule has 1 aliphatic rings. The molecule has 1 saturated heterocycles. The van der Waals surface area contributed by atoms with Gasteiger partial charge in [-0.2, -0.15) is 0 Å². The Hall–Kier alpha value is 0.350. The van der Waals surface area contributed by atoms with Crippen LogP contribution in [0.5, 0.6) is 0 Å². The molecule has 0 bridgehead atoms. The summed E-state index contributed by atoms with van der Waals surface area (Å²) in [6, 6.07) is 3.92. The third kappa shape index (κ3) is 3.39. The highest BCUT2D eigenvalue weighted by molar-refractivity contribution is 14.1. The molecule has 1 atom stereocenters. The Balaban J connectivity index is 2.10. The molecule has 4 nitrogen and oxygen atoms in total. The van der Waals surface area contributed by atoms with Crippen LogP contribution in [0.15, 0.2) is 12.1 Å². The second kappa shape index (κ2) is 6.63. The van der Waals surface area contributed by atoms with Crippen LogP contribution in [0.4, 0.5) is 0 Å². The van der Waals surface area contributed by atoms with E-state index in [1.165, 1.54) is 0 Å². The van der Waals surface area contributed by atoms with Gasteiger partial charge in [0.2, 0.25) is 0 Å². The molecule has 1 unspecified atom stereocenters. The van der Waals surface area contributed by atoms with Gasteiger partial charge in [0, 0.05) is 29.7 Å². The maximum absolute atomic E-state index is 12.5. The third-order valence-corrected chi connectivity index (χ3v) is 7.18. The van der Waals surface area contributed by atoms with Crippen LogP contribution in [-0.2, 0) is 4.79 Å². The average molecular weight is 611 g/mol. The molecule has 0 aliphatic carbocycles. The number of amides is 1. The third-order valence-electron chi connectivity index (χ3n) is 3.52. The first-order valence-electron chi connectivity index (χ1n) is 5.98. The lowest BCUT2D eigenvalue weighted by molar-refractivity contribution is -0.144. The summed E-state index contributed by atoms with van der Waals surface area (Å²) < 4.78 is 3.06. The molecule has 20 heavy (non-hydrogen) atoms. The van der Waals surface area contributed by atoms with Crippen LogP contribution in [-0.4, -0.2) is 35.0 Å². The number of benzene rings is 1. The van der Waals surface area contributed by atoms with Crippen molar-refractivity contribution in [1.29, 1.82) is 0 Å². The maximum atomic E-state index is 12.5.